The van der Waals surface area contributed by atoms with E-state index >= 15 is 0 Å². The minimum atomic E-state index is -0.132. The molecule has 1 aliphatic rings. The molecule has 5 nitrogen and oxygen atoms in total. The third-order valence-electron chi connectivity index (χ3n) is 4.38. The van der Waals surface area contributed by atoms with E-state index in [1.807, 2.05) is 23.1 Å². The van der Waals surface area contributed by atoms with Crippen molar-refractivity contribution < 1.29 is 4.79 Å². The Bertz CT molecular complexity index is 673. The average Bonchev–Trinajstić information content (AvgIpc) is 2.56. The van der Waals surface area contributed by atoms with Crippen molar-refractivity contribution in [1.82, 2.24) is 14.9 Å². The first kappa shape index (κ1) is 14.5. The van der Waals surface area contributed by atoms with Gasteiger partial charge in [-0.25, -0.2) is 9.97 Å². The van der Waals surface area contributed by atoms with Gasteiger partial charge in [0, 0.05) is 30.9 Å². The van der Waals surface area contributed by atoms with Gasteiger partial charge in [-0.05, 0) is 18.4 Å². The van der Waals surface area contributed by atoms with Crippen LogP contribution in [0.5, 0.6) is 0 Å². The van der Waals surface area contributed by atoms with E-state index in [-0.39, 0.29) is 22.8 Å². The normalized spacial score (nSPS) is 21.6. The van der Waals surface area contributed by atoms with Crippen LogP contribution in [0.2, 0.25) is 0 Å². The van der Waals surface area contributed by atoms with E-state index in [0.29, 0.717) is 6.54 Å². The van der Waals surface area contributed by atoms with Crippen molar-refractivity contribution in [1.29, 1.82) is 0 Å². The number of hydrogen-bond acceptors (Lipinski definition) is 4. The molecule has 0 radical (unpaired) electrons. The molecule has 1 unspecified atom stereocenters. The Labute approximate surface area is 130 Å². The summed E-state index contributed by atoms with van der Waals surface area (Å²) in [6.07, 6.45) is 5.04. The highest BCUT2D eigenvalue weighted by Crippen LogP contribution is 2.34. The number of aromatic nitrogens is 2. The number of amides is 1. The maximum Gasteiger partial charge on any atom is 0.276 e. The van der Waals surface area contributed by atoms with Gasteiger partial charge in [0.25, 0.3) is 5.91 Å². The summed E-state index contributed by atoms with van der Waals surface area (Å²) in [4.78, 5) is 22.6. The van der Waals surface area contributed by atoms with Gasteiger partial charge in [-0.15, -0.1) is 0 Å². The Balaban J connectivity index is 1.85. The second kappa shape index (κ2) is 5.75. The number of nitrogen functional groups attached to an aromatic ring is 1. The van der Waals surface area contributed by atoms with Crippen LogP contribution in [0.3, 0.4) is 0 Å². The number of carbonyl (C=O) groups is 1. The Morgan fingerprint density at radius 3 is 2.68 bits per heavy atom. The quantitative estimate of drug-likeness (QED) is 0.922. The predicted molar refractivity (Wildman–Crippen MR) is 85.4 cm³/mol. The van der Waals surface area contributed by atoms with E-state index in [4.69, 9.17) is 5.73 Å². The lowest BCUT2D eigenvalue weighted by atomic mass is 9.76. The SMILES string of the molecule is CC1(c2ccccc2)CCCN(C(=O)c2nccnc2N)C1. The van der Waals surface area contributed by atoms with Crippen molar-refractivity contribution in [2.45, 2.75) is 25.2 Å². The molecule has 1 atom stereocenters. The first-order valence-corrected chi connectivity index (χ1v) is 7.51. The van der Waals surface area contributed by atoms with Crippen molar-refractivity contribution in [2.24, 2.45) is 0 Å². The number of nitrogens with zero attached hydrogens (tertiary/aromatic N) is 3. The van der Waals surface area contributed by atoms with Crippen LogP contribution in [-0.4, -0.2) is 33.9 Å². The minimum absolute atomic E-state index is 0.0356. The molecule has 1 saturated heterocycles. The van der Waals surface area contributed by atoms with Crippen LogP contribution in [0.4, 0.5) is 5.82 Å². The van der Waals surface area contributed by atoms with Gasteiger partial charge in [0.05, 0.1) is 0 Å². The summed E-state index contributed by atoms with van der Waals surface area (Å²) < 4.78 is 0. The van der Waals surface area contributed by atoms with Crippen LogP contribution in [0.1, 0.15) is 35.8 Å². The minimum Gasteiger partial charge on any atom is -0.382 e. The highest BCUT2D eigenvalue weighted by atomic mass is 16.2. The second-order valence-corrected chi connectivity index (χ2v) is 6.05. The summed E-state index contributed by atoms with van der Waals surface area (Å²) >= 11 is 0. The molecular weight excluding hydrogens is 276 g/mol. The van der Waals surface area contributed by atoms with Crippen molar-refractivity contribution >= 4 is 11.7 Å². The number of rotatable bonds is 2. The molecule has 1 aliphatic heterocycles. The maximum absolute atomic E-state index is 12.7. The third-order valence-corrected chi connectivity index (χ3v) is 4.38. The zero-order chi connectivity index (χ0) is 15.6. The Hall–Kier alpha value is -2.43. The highest BCUT2D eigenvalue weighted by molar-refractivity contribution is 5.96. The molecule has 0 bridgehead atoms. The summed E-state index contributed by atoms with van der Waals surface area (Å²) in [5.41, 5.74) is 7.26. The van der Waals surface area contributed by atoms with Crippen LogP contribution in [0.25, 0.3) is 0 Å². The van der Waals surface area contributed by atoms with Gasteiger partial charge in [0.2, 0.25) is 0 Å². The zero-order valence-electron chi connectivity index (χ0n) is 12.7. The zero-order valence-corrected chi connectivity index (χ0v) is 12.7. The van der Waals surface area contributed by atoms with E-state index in [1.165, 1.54) is 18.0 Å². The van der Waals surface area contributed by atoms with Crippen LogP contribution < -0.4 is 5.73 Å². The Morgan fingerprint density at radius 2 is 1.95 bits per heavy atom. The number of benzene rings is 1. The lowest BCUT2D eigenvalue weighted by molar-refractivity contribution is 0.0646. The van der Waals surface area contributed by atoms with E-state index < -0.39 is 0 Å². The van der Waals surface area contributed by atoms with Gasteiger partial charge >= 0.3 is 0 Å². The molecule has 1 aromatic heterocycles. The van der Waals surface area contributed by atoms with Crippen LogP contribution in [0.15, 0.2) is 42.7 Å². The lowest BCUT2D eigenvalue weighted by Gasteiger charge is -2.40. The van der Waals surface area contributed by atoms with Crippen molar-refractivity contribution in [3.05, 3.63) is 54.0 Å². The molecule has 5 heteroatoms. The Kier molecular flexibility index (Phi) is 3.79. The molecule has 0 saturated carbocycles. The summed E-state index contributed by atoms with van der Waals surface area (Å²) in [6, 6.07) is 10.4. The van der Waals surface area contributed by atoms with Crippen LogP contribution >= 0.6 is 0 Å². The number of piperidine rings is 1. The van der Waals surface area contributed by atoms with Crippen molar-refractivity contribution in [3.63, 3.8) is 0 Å². The molecule has 2 aromatic rings. The van der Waals surface area contributed by atoms with Crippen LogP contribution in [0, 0.1) is 0 Å². The standard InChI is InChI=1S/C17H20N4O/c1-17(13-6-3-2-4-7-13)8-5-11-21(12-17)16(22)14-15(18)20-10-9-19-14/h2-4,6-7,9-10H,5,8,11-12H2,1H3,(H2,18,20). The van der Waals surface area contributed by atoms with Gasteiger partial charge in [-0.2, -0.15) is 0 Å². The third kappa shape index (κ3) is 2.66. The highest BCUT2D eigenvalue weighted by Gasteiger charge is 2.35. The van der Waals surface area contributed by atoms with Gasteiger partial charge in [0.1, 0.15) is 0 Å². The van der Waals surface area contributed by atoms with Gasteiger partial charge in [-0.1, -0.05) is 37.3 Å². The van der Waals surface area contributed by atoms with Gasteiger partial charge in [0.15, 0.2) is 11.5 Å². The monoisotopic (exact) mass is 296 g/mol. The summed E-state index contributed by atoms with van der Waals surface area (Å²) in [6.45, 7) is 3.62. The first-order chi connectivity index (χ1) is 10.6. The first-order valence-electron chi connectivity index (χ1n) is 7.51. The average molecular weight is 296 g/mol. The second-order valence-electron chi connectivity index (χ2n) is 6.05. The van der Waals surface area contributed by atoms with Crippen molar-refractivity contribution in [2.75, 3.05) is 18.8 Å². The molecule has 0 spiro atoms. The largest absolute Gasteiger partial charge is 0.382 e. The number of carbonyl (C=O) groups excluding carboxylic acids is 1. The van der Waals surface area contributed by atoms with Gasteiger partial charge < -0.3 is 10.6 Å². The number of nitrogens with two attached hydrogens (primary N) is 1. The molecule has 3 rings (SSSR count). The molecule has 1 amide bonds. The molecule has 1 aromatic carbocycles. The fraction of sp³-hybridized carbons (Fsp3) is 0.353. The van der Waals surface area contributed by atoms with E-state index in [2.05, 4.69) is 29.0 Å². The molecule has 0 aliphatic carbocycles. The topological polar surface area (TPSA) is 72.1 Å². The molecule has 2 N–H and O–H groups in total. The van der Waals surface area contributed by atoms with Crippen molar-refractivity contribution in [3.8, 4) is 0 Å². The summed E-state index contributed by atoms with van der Waals surface area (Å²) in [7, 11) is 0. The van der Waals surface area contributed by atoms with Crippen LogP contribution in [-0.2, 0) is 5.41 Å². The van der Waals surface area contributed by atoms with E-state index in [1.54, 1.807) is 0 Å². The number of likely N-dealkylation sites (tertiary alicyclic amines) is 1. The van der Waals surface area contributed by atoms with E-state index in [0.717, 1.165) is 19.4 Å². The molecular formula is C17H20N4O. The Morgan fingerprint density at radius 1 is 1.23 bits per heavy atom. The molecule has 114 valence electrons. The smallest absolute Gasteiger partial charge is 0.276 e. The predicted octanol–water partition coefficient (Wildman–Crippen LogP) is 2.25. The fourth-order valence-corrected chi connectivity index (χ4v) is 3.15. The number of anilines is 1. The molecule has 22 heavy (non-hydrogen) atoms. The summed E-state index contributed by atoms with van der Waals surface area (Å²) in [5, 5.41) is 0. The fourth-order valence-electron chi connectivity index (χ4n) is 3.15. The maximum atomic E-state index is 12.7. The van der Waals surface area contributed by atoms with Gasteiger partial charge in [-0.3, -0.25) is 4.79 Å². The number of hydrogen-bond donors (Lipinski definition) is 1. The van der Waals surface area contributed by atoms with E-state index in [9.17, 15) is 4.79 Å². The molecule has 2 heterocycles. The molecule has 1 fully saturated rings. The summed E-state index contributed by atoms with van der Waals surface area (Å²) in [5.74, 6) is 0.0620. The lowest BCUT2D eigenvalue weighted by Crippen LogP contribution is -2.47.